The van der Waals surface area contributed by atoms with Crippen molar-refractivity contribution in [2.24, 2.45) is 5.92 Å². The van der Waals surface area contributed by atoms with Crippen molar-refractivity contribution >= 4 is 15.9 Å². The van der Waals surface area contributed by atoms with E-state index < -0.39 is 10.0 Å². The van der Waals surface area contributed by atoms with Gasteiger partial charge in [-0.15, -0.1) is 0 Å². The first-order chi connectivity index (χ1) is 16.9. The highest BCUT2D eigenvalue weighted by molar-refractivity contribution is 7.89. The Balaban J connectivity index is 1.39. The predicted molar refractivity (Wildman–Crippen MR) is 134 cm³/mol. The van der Waals surface area contributed by atoms with Crippen LogP contribution in [0.25, 0.3) is 0 Å². The summed E-state index contributed by atoms with van der Waals surface area (Å²) in [6.07, 6.45) is 0.908. The van der Waals surface area contributed by atoms with E-state index in [0.29, 0.717) is 12.8 Å². The summed E-state index contributed by atoms with van der Waals surface area (Å²) in [5.41, 5.74) is 1.22. The molecule has 0 radical (unpaired) electrons. The molecule has 1 amide bonds. The quantitative estimate of drug-likeness (QED) is 0.632. The number of nitrogens with one attached hydrogen (secondary N) is 1. The van der Waals surface area contributed by atoms with Crippen molar-refractivity contribution in [2.75, 3.05) is 52.9 Å². The highest BCUT2D eigenvalue weighted by Gasteiger charge is 2.34. The third-order valence-electron chi connectivity index (χ3n) is 7.01. The number of carbonyl (C=O) groups excluding carboxylic acids is 1. The fourth-order valence-electron chi connectivity index (χ4n) is 4.78. The molecule has 0 aromatic heterocycles. The molecule has 0 bridgehead atoms. The van der Waals surface area contributed by atoms with Gasteiger partial charge in [0.05, 0.1) is 16.5 Å². The fourth-order valence-corrected chi connectivity index (χ4v) is 6.39. The Morgan fingerprint density at radius 3 is 2.29 bits per heavy atom. The van der Waals surface area contributed by atoms with Crippen molar-refractivity contribution in [3.8, 4) is 6.07 Å². The van der Waals surface area contributed by atoms with Gasteiger partial charge in [-0.2, -0.15) is 9.57 Å². The van der Waals surface area contributed by atoms with Crippen LogP contribution in [0, 0.1) is 17.2 Å². The van der Waals surface area contributed by atoms with E-state index in [-0.39, 0.29) is 41.4 Å². The molecule has 2 aliphatic rings. The van der Waals surface area contributed by atoms with Gasteiger partial charge in [-0.3, -0.25) is 9.69 Å². The van der Waals surface area contributed by atoms with Gasteiger partial charge in [0.15, 0.2) is 0 Å². The molecule has 186 valence electrons. The summed E-state index contributed by atoms with van der Waals surface area (Å²) in [6, 6.07) is 18.1. The molecule has 8 nitrogen and oxygen atoms in total. The van der Waals surface area contributed by atoms with Crippen LogP contribution < -0.4 is 5.32 Å². The van der Waals surface area contributed by atoms with Gasteiger partial charge in [-0.1, -0.05) is 42.5 Å². The number of sulfonamides is 1. The summed E-state index contributed by atoms with van der Waals surface area (Å²) in [5, 5.41) is 12.6. The van der Waals surface area contributed by atoms with E-state index in [4.69, 9.17) is 0 Å². The molecular formula is C26H33N5O3S. The standard InChI is InChI=1S/C26H33N5O3S/c1-29-15-17-30(18-16-29)20-24(21-7-3-2-4-8-21)28-26(32)22-11-13-31(14-12-22)35(33,34)25-10-6-5-9-23(25)19-27/h2-10,22,24H,11-18,20H2,1H3,(H,28,32). The molecule has 4 rings (SSSR count). The molecule has 0 saturated carbocycles. The molecule has 0 spiro atoms. The molecule has 2 saturated heterocycles. The highest BCUT2D eigenvalue weighted by atomic mass is 32.2. The van der Waals surface area contributed by atoms with E-state index >= 15 is 0 Å². The lowest BCUT2D eigenvalue weighted by atomic mass is 9.96. The van der Waals surface area contributed by atoms with Crippen LogP contribution in [0.1, 0.15) is 30.0 Å². The van der Waals surface area contributed by atoms with Gasteiger partial charge in [0, 0.05) is 51.7 Å². The zero-order valence-electron chi connectivity index (χ0n) is 20.1. The Hall–Kier alpha value is -2.77. The minimum atomic E-state index is -3.78. The molecule has 2 heterocycles. The monoisotopic (exact) mass is 495 g/mol. The summed E-state index contributed by atoms with van der Waals surface area (Å²) in [7, 11) is -1.65. The van der Waals surface area contributed by atoms with Crippen molar-refractivity contribution in [1.82, 2.24) is 19.4 Å². The van der Waals surface area contributed by atoms with Crippen molar-refractivity contribution in [3.05, 3.63) is 65.7 Å². The normalized spacial score (nSPS) is 19.7. The smallest absolute Gasteiger partial charge is 0.244 e. The Bertz CT molecular complexity index is 1150. The maximum absolute atomic E-state index is 13.3. The summed E-state index contributed by atoms with van der Waals surface area (Å²) in [6.45, 7) is 5.23. The second kappa shape index (κ2) is 11.3. The second-order valence-corrected chi connectivity index (χ2v) is 11.3. The number of nitrogens with zero attached hydrogens (tertiary/aromatic N) is 4. The third kappa shape index (κ3) is 6.08. The molecule has 2 fully saturated rings. The summed E-state index contributed by atoms with van der Waals surface area (Å²) >= 11 is 0. The van der Waals surface area contributed by atoms with Gasteiger partial charge in [0.25, 0.3) is 0 Å². The van der Waals surface area contributed by atoms with Crippen LogP contribution in [0.3, 0.4) is 0 Å². The number of benzene rings is 2. The summed E-state index contributed by atoms with van der Waals surface area (Å²) in [5.74, 6) is -0.270. The Kier molecular flexibility index (Phi) is 8.19. The van der Waals surface area contributed by atoms with Crippen LogP contribution in [0.2, 0.25) is 0 Å². The number of piperidine rings is 1. The number of hydrogen-bond donors (Lipinski definition) is 1. The first kappa shape index (κ1) is 25.3. The predicted octanol–water partition coefficient (Wildman–Crippen LogP) is 2.06. The second-order valence-electron chi connectivity index (χ2n) is 9.36. The molecule has 9 heteroatoms. The maximum atomic E-state index is 13.3. The molecule has 2 aromatic carbocycles. The zero-order chi connectivity index (χ0) is 24.8. The first-order valence-electron chi connectivity index (χ1n) is 12.1. The fraction of sp³-hybridized carbons (Fsp3) is 0.462. The number of rotatable bonds is 7. The molecule has 2 aromatic rings. The average Bonchev–Trinajstić information content (AvgIpc) is 2.90. The number of nitriles is 1. The first-order valence-corrected chi connectivity index (χ1v) is 13.6. The number of likely N-dealkylation sites (N-methyl/N-ethyl adjacent to an activating group) is 1. The molecule has 1 atom stereocenters. The van der Waals surface area contributed by atoms with E-state index in [2.05, 4.69) is 22.2 Å². The topological polar surface area (TPSA) is 96.8 Å². The van der Waals surface area contributed by atoms with Crippen molar-refractivity contribution in [3.63, 3.8) is 0 Å². The van der Waals surface area contributed by atoms with Crippen molar-refractivity contribution < 1.29 is 13.2 Å². The lowest BCUT2D eigenvalue weighted by molar-refractivity contribution is -0.127. The molecule has 0 aliphatic carbocycles. The minimum absolute atomic E-state index is 0.0255. The van der Waals surface area contributed by atoms with E-state index in [1.165, 1.54) is 16.4 Å². The number of hydrogen-bond acceptors (Lipinski definition) is 6. The van der Waals surface area contributed by atoms with Gasteiger partial charge in [0.1, 0.15) is 6.07 Å². The highest BCUT2D eigenvalue weighted by Crippen LogP contribution is 2.26. The van der Waals surface area contributed by atoms with Gasteiger partial charge < -0.3 is 10.2 Å². The number of carbonyl (C=O) groups is 1. The Morgan fingerprint density at radius 1 is 1.00 bits per heavy atom. The molecule has 1 unspecified atom stereocenters. The molecular weight excluding hydrogens is 462 g/mol. The van der Waals surface area contributed by atoms with Crippen LogP contribution in [-0.2, 0) is 14.8 Å². The number of amides is 1. The van der Waals surface area contributed by atoms with Crippen LogP contribution in [0.15, 0.2) is 59.5 Å². The van der Waals surface area contributed by atoms with Crippen molar-refractivity contribution in [2.45, 2.75) is 23.8 Å². The van der Waals surface area contributed by atoms with E-state index in [1.807, 2.05) is 36.4 Å². The summed E-state index contributed by atoms with van der Waals surface area (Å²) in [4.78, 5) is 18.0. The van der Waals surface area contributed by atoms with E-state index in [0.717, 1.165) is 38.3 Å². The van der Waals surface area contributed by atoms with Gasteiger partial charge in [0.2, 0.25) is 15.9 Å². The molecule has 2 aliphatic heterocycles. The van der Waals surface area contributed by atoms with Crippen LogP contribution in [-0.4, -0.2) is 81.3 Å². The SMILES string of the molecule is CN1CCN(CC(NC(=O)C2CCN(S(=O)(=O)c3ccccc3C#N)CC2)c2ccccc2)CC1. The largest absolute Gasteiger partial charge is 0.348 e. The lowest BCUT2D eigenvalue weighted by Gasteiger charge is -2.36. The van der Waals surface area contributed by atoms with Gasteiger partial charge in [-0.25, -0.2) is 8.42 Å². The zero-order valence-corrected chi connectivity index (χ0v) is 21.0. The van der Waals surface area contributed by atoms with Gasteiger partial charge in [-0.05, 0) is 37.6 Å². The minimum Gasteiger partial charge on any atom is -0.348 e. The van der Waals surface area contributed by atoms with E-state index in [1.54, 1.807) is 12.1 Å². The van der Waals surface area contributed by atoms with Crippen LogP contribution in [0.4, 0.5) is 0 Å². The molecule has 1 N–H and O–H groups in total. The third-order valence-corrected chi connectivity index (χ3v) is 8.96. The molecule has 35 heavy (non-hydrogen) atoms. The summed E-state index contributed by atoms with van der Waals surface area (Å²) < 4.78 is 27.6. The average molecular weight is 496 g/mol. The Labute approximate surface area is 208 Å². The Morgan fingerprint density at radius 2 is 1.63 bits per heavy atom. The lowest BCUT2D eigenvalue weighted by Crippen LogP contribution is -2.49. The number of piperazine rings is 1. The van der Waals surface area contributed by atoms with Crippen molar-refractivity contribution in [1.29, 1.82) is 5.26 Å². The van der Waals surface area contributed by atoms with E-state index in [9.17, 15) is 18.5 Å². The van der Waals surface area contributed by atoms with Gasteiger partial charge >= 0.3 is 0 Å². The van der Waals surface area contributed by atoms with Crippen LogP contribution in [0.5, 0.6) is 0 Å². The van der Waals surface area contributed by atoms with Crippen LogP contribution >= 0.6 is 0 Å². The maximum Gasteiger partial charge on any atom is 0.244 e.